The average Bonchev–Trinajstić information content (AvgIpc) is 2.37. The molecule has 2 amide bonds. The molecule has 21 heavy (non-hydrogen) atoms. The molecular formula is C16H22N2O3. The molecule has 0 fully saturated rings. The number of hydrogen-bond acceptors (Lipinski definition) is 2. The van der Waals surface area contributed by atoms with Crippen LogP contribution < -0.4 is 5.32 Å². The molecule has 1 aromatic carbocycles. The van der Waals surface area contributed by atoms with Crippen molar-refractivity contribution in [3.63, 3.8) is 0 Å². The Morgan fingerprint density at radius 2 is 1.95 bits per heavy atom. The molecule has 0 atom stereocenters. The number of anilines is 1. The van der Waals surface area contributed by atoms with E-state index in [9.17, 15) is 9.59 Å². The predicted molar refractivity (Wildman–Crippen MR) is 83.6 cm³/mol. The van der Waals surface area contributed by atoms with Gasteiger partial charge in [0.25, 0.3) is 0 Å². The summed E-state index contributed by atoms with van der Waals surface area (Å²) in [6, 6.07) is 7.05. The number of urea groups is 1. The minimum Gasteiger partial charge on any atom is -0.480 e. The number of nitrogens with zero attached hydrogens (tertiary/aromatic N) is 1. The number of carboxylic acid groups (broad SMARTS) is 1. The number of carboxylic acids is 1. The van der Waals surface area contributed by atoms with E-state index < -0.39 is 12.0 Å². The van der Waals surface area contributed by atoms with Gasteiger partial charge in [-0.25, -0.2) is 4.79 Å². The lowest BCUT2D eigenvalue weighted by Gasteiger charge is -2.25. The highest BCUT2D eigenvalue weighted by molar-refractivity contribution is 5.92. The Morgan fingerprint density at radius 3 is 2.48 bits per heavy atom. The zero-order valence-electron chi connectivity index (χ0n) is 12.7. The van der Waals surface area contributed by atoms with Gasteiger partial charge in [0.2, 0.25) is 0 Å². The van der Waals surface area contributed by atoms with Crippen LogP contribution in [0.3, 0.4) is 0 Å². The van der Waals surface area contributed by atoms with Gasteiger partial charge in [0, 0.05) is 12.2 Å². The lowest BCUT2D eigenvalue weighted by atomic mass is 9.86. The van der Waals surface area contributed by atoms with Crippen molar-refractivity contribution in [2.75, 3.05) is 18.4 Å². The fourth-order valence-electron chi connectivity index (χ4n) is 1.98. The quantitative estimate of drug-likeness (QED) is 0.819. The molecule has 0 aliphatic carbocycles. The molecule has 114 valence electrons. The van der Waals surface area contributed by atoms with Gasteiger partial charge in [0.05, 0.1) is 0 Å². The van der Waals surface area contributed by atoms with Crippen LogP contribution in [0.4, 0.5) is 10.5 Å². The molecular weight excluding hydrogens is 268 g/mol. The maximum atomic E-state index is 12.2. The van der Waals surface area contributed by atoms with Gasteiger partial charge >= 0.3 is 12.0 Å². The molecule has 5 heteroatoms. The Kier molecular flexibility index (Phi) is 5.52. The van der Waals surface area contributed by atoms with Crippen LogP contribution in [-0.4, -0.2) is 35.1 Å². The minimum absolute atomic E-state index is 0.125. The van der Waals surface area contributed by atoms with Crippen molar-refractivity contribution in [3.8, 4) is 0 Å². The number of benzene rings is 1. The first-order valence-electron chi connectivity index (χ1n) is 6.74. The van der Waals surface area contributed by atoms with Gasteiger partial charge in [-0.15, -0.1) is 6.58 Å². The lowest BCUT2D eigenvalue weighted by molar-refractivity contribution is -0.137. The third-order valence-electron chi connectivity index (χ3n) is 2.94. The summed E-state index contributed by atoms with van der Waals surface area (Å²) < 4.78 is 0. The summed E-state index contributed by atoms with van der Waals surface area (Å²) in [6.45, 7) is 9.51. The van der Waals surface area contributed by atoms with Gasteiger partial charge in [0.1, 0.15) is 6.54 Å². The van der Waals surface area contributed by atoms with Crippen LogP contribution in [0.15, 0.2) is 36.9 Å². The topological polar surface area (TPSA) is 69.6 Å². The second-order valence-corrected chi connectivity index (χ2v) is 5.79. The first kappa shape index (κ1) is 16.8. The van der Waals surface area contributed by atoms with E-state index >= 15 is 0 Å². The summed E-state index contributed by atoms with van der Waals surface area (Å²) in [5.74, 6) is -1.06. The highest BCUT2D eigenvalue weighted by Gasteiger charge is 2.21. The maximum Gasteiger partial charge on any atom is 0.323 e. The first-order chi connectivity index (χ1) is 9.75. The van der Waals surface area contributed by atoms with Gasteiger partial charge < -0.3 is 15.3 Å². The van der Waals surface area contributed by atoms with Crippen LogP contribution in [0.2, 0.25) is 0 Å². The monoisotopic (exact) mass is 290 g/mol. The normalized spacial score (nSPS) is 10.8. The Labute approximate surface area is 125 Å². The second kappa shape index (κ2) is 6.92. The van der Waals surface area contributed by atoms with E-state index in [4.69, 9.17) is 5.11 Å². The summed E-state index contributed by atoms with van der Waals surface area (Å²) in [5, 5.41) is 11.6. The molecule has 0 aromatic heterocycles. The molecule has 0 spiro atoms. The van der Waals surface area contributed by atoms with Crippen LogP contribution in [0.5, 0.6) is 0 Å². The molecule has 0 aliphatic rings. The first-order valence-corrected chi connectivity index (χ1v) is 6.74. The molecule has 2 N–H and O–H groups in total. The standard InChI is InChI=1S/C16H22N2O3/c1-5-10-18(11-14(19)20)15(21)17-13-9-7-6-8-12(13)16(2,3)4/h5-9H,1,10-11H2,2-4H3,(H,17,21)(H,19,20). The van der Waals surface area contributed by atoms with E-state index in [1.54, 1.807) is 0 Å². The van der Waals surface area contributed by atoms with E-state index in [0.29, 0.717) is 5.69 Å². The zero-order valence-corrected chi connectivity index (χ0v) is 12.7. The summed E-state index contributed by atoms with van der Waals surface area (Å²) in [4.78, 5) is 24.2. The number of hydrogen-bond donors (Lipinski definition) is 2. The molecule has 0 saturated carbocycles. The van der Waals surface area contributed by atoms with Crippen molar-refractivity contribution in [3.05, 3.63) is 42.5 Å². The van der Waals surface area contributed by atoms with Gasteiger partial charge in [-0.05, 0) is 17.0 Å². The zero-order chi connectivity index (χ0) is 16.0. The molecule has 0 unspecified atom stereocenters. The Hall–Kier alpha value is -2.30. The molecule has 0 heterocycles. The third-order valence-corrected chi connectivity index (χ3v) is 2.94. The van der Waals surface area contributed by atoms with Crippen LogP contribution in [0, 0.1) is 0 Å². The summed E-state index contributed by atoms with van der Waals surface area (Å²) in [5.41, 5.74) is 1.56. The number of para-hydroxylation sites is 1. The van der Waals surface area contributed by atoms with Crippen LogP contribution in [0.1, 0.15) is 26.3 Å². The van der Waals surface area contributed by atoms with E-state index in [0.717, 1.165) is 5.56 Å². The molecule has 1 aromatic rings. The Morgan fingerprint density at radius 1 is 1.33 bits per heavy atom. The largest absolute Gasteiger partial charge is 0.480 e. The highest BCUT2D eigenvalue weighted by Crippen LogP contribution is 2.29. The van der Waals surface area contributed by atoms with Crippen LogP contribution >= 0.6 is 0 Å². The minimum atomic E-state index is -1.06. The Balaban J connectivity index is 2.96. The molecule has 0 bridgehead atoms. The lowest BCUT2D eigenvalue weighted by Crippen LogP contribution is -2.39. The smallest absolute Gasteiger partial charge is 0.323 e. The van der Waals surface area contributed by atoms with E-state index in [-0.39, 0.29) is 18.5 Å². The van der Waals surface area contributed by atoms with Crippen molar-refractivity contribution in [2.45, 2.75) is 26.2 Å². The molecule has 0 radical (unpaired) electrons. The van der Waals surface area contributed by atoms with Crippen LogP contribution in [-0.2, 0) is 10.2 Å². The van der Waals surface area contributed by atoms with Crippen LogP contribution in [0.25, 0.3) is 0 Å². The number of aliphatic carboxylic acids is 1. The van der Waals surface area contributed by atoms with Gasteiger partial charge in [-0.1, -0.05) is 45.0 Å². The molecule has 0 saturated heterocycles. The fraction of sp³-hybridized carbons (Fsp3) is 0.375. The fourth-order valence-corrected chi connectivity index (χ4v) is 1.98. The molecule has 5 nitrogen and oxygen atoms in total. The molecule has 1 rings (SSSR count). The number of carbonyl (C=O) groups is 2. The van der Waals surface area contributed by atoms with Crippen molar-refractivity contribution in [1.82, 2.24) is 4.90 Å². The van der Waals surface area contributed by atoms with Crippen molar-refractivity contribution >= 4 is 17.7 Å². The summed E-state index contributed by atoms with van der Waals surface area (Å²) >= 11 is 0. The number of nitrogens with one attached hydrogen (secondary N) is 1. The summed E-state index contributed by atoms with van der Waals surface area (Å²) in [7, 11) is 0. The van der Waals surface area contributed by atoms with Crippen molar-refractivity contribution < 1.29 is 14.7 Å². The van der Waals surface area contributed by atoms with E-state index in [2.05, 4.69) is 32.7 Å². The van der Waals surface area contributed by atoms with Gasteiger partial charge in [0.15, 0.2) is 0 Å². The highest BCUT2D eigenvalue weighted by atomic mass is 16.4. The SMILES string of the molecule is C=CCN(CC(=O)O)C(=O)Nc1ccccc1C(C)(C)C. The molecule has 0 aliphatic heterocycles. The van der Waals surface area contributed by atoms with Gasteiger partial charge in [-0.2, -0.15) is 0 Å². The van der Waals surface area contributed by atoms with E-state index in [1.165, 1.54) is 11.0 Å². The van der Waals surface area contributed by atoms with Crippen molar-refractivity contribution in [1.29, 1.82) is 0 Å². The number of carbonyl (C=O) groups excluding carboxylic acids is 1. The Bertz CT molecular complexity index is 533. The summed E-state index contributed by atoms with van der Waals surface area (Å²) in [6.07, 6.45) is 1.50. The maximum absolute atomic E-state index is 12.2. The van der Waals surface area contributed by atoms with Crippen molar-refractivity contribution in [2.24, 2.45) is 0 Å². The van der Waals surface area contributed by atoms with E-state index in [1.807, 2.05) is 24.3 Å². The number of rotatable bonds is 5. The number of amides is 2. The average molecular weight is 290 g/mol. The van der Waals surface area contributed by atoms with Gasteiger partial charge in [-0.3, -0.25) is 4.79 Å². The third kappa shape index (κ3) is 4.95. The predicted octanol–water partition coefficient (Wildman–Crippen LogP) is 3.09. The second-order valence-electron chi connectivity index (χ2n) is 5.79.